The summed E-state index contributed by atoms with van der Waals surface area (Å²) in [5.41, 5.74) is 1.48. The summed E-state index contributed by atoms with van der Waals surface area (Å²) in [5.74, 6) is 0.952. The fraction of sp³-hybridized carbons (Fsp3) is 0.333. The summed E-state index contributed by atoms with van der Waals surface area (Å²) >= 11 is 0. The lowest BCUT2D eigenvalue weighted by atomic mass is 10.2. The predicted molar refractivity (Wildman–Crippen MR) is 87.2 cm³/mol. The van der Waals surface area contributed by atoms with Crippen LogP contribution in [0.2, 0.25) is 0 Å². The highest BCUT2D eigenvalue weighted by molar-refractivity contribution is 5.89. The van der Waals surface area contributed by atoms with Gasteiger partial charge in [-0.05, 0) is 31.5 Å². The summed E-state index contributed by atoms with van der Waals surface area (Å²) in [6, 6.07) is 7.63. The molecule has 0 fully saturated rings. The van der Waals surface area contributed by atoms with E-state index in [1.807, 2.05) is 18.2 Å². The summed E-state index contributed by atoms with van der Waals surface area (Å²) < 4.78 is 0. The Kier molecular flexibility index (Phi) is 5.24. The van der Waals surface area contributed by atoms with Crippen LogP contribution in [0.4, 0.5) is 23.1 Å². The number of carbonyl (C=O) groups excluding carboxylic acids is 1. The van der Waals surface area contributed by atoms with Crippen LogP contribution in [0, 0.1) is 0 Å². The summed E-state index contributed by atoms with van der Waals surface area (Å²) in [7, 11) is 0. The van der Waals surface area contributed by atoms with Crippen LogP contribution in [0.3, 0.4) is 0 Å². The summed E-state index contributed by atoms with van der Waals surface area (Å²) in [6.45, 7) is 5.64. The van der Waals surface area contributed by atoms with Crippen LogP contribution in [-0.4, -0.2) is 27.1 Å². The molecule has 0 radical (unpaired) electrons. The number of rotatable bonds is 6. The number of hydrogen-bond acceptors (Lipinski definition) is 6. The lowest BCUT2D eigenvalue weighted by molar-refractivity contribution is -0.114. The van der Waals surface area contributed by atoms with E-state index in [0.717, 1.165) is 12.1 Å². The van der Waals surface area contributed by atoms with E-state index in [2.05, 4.69) is 45.0 Å². The third kappa shape index (κ3) is 4.69. The molecule has 0 saturated carbocycles. The van der Waals surface area contributed by atoms with Crippen molar-refractivity contribution in [2.24, 2.45) is 0 Å². The Balaban J connectivity index is 2.10. The first-order valence-corrected chi connectivity index (χ1v) is 7.17. The summed E-state index contributed by atoms with van der Waals surface area (Å²) in [5, 5.41) is 16.9. The second-order valence-corrected chi connectivity index (χ2v) is 5.01. The Morgan fingerprint density at radius 1 is 1.32 bits per heavy atom. The Labute approximate surface area is 129 Å². The molecule has 1 atom stereocenters. The van der Waals surface area contributed by atoms with E-state index in [9.17, 15) is 4.79 Å². The molecule has 116 valence electrons. The van der Waals surface area contributed by atoms with Crippen LogP contribution >= 0.6 is 0 Å². The molecule has 0 aliphatic rings. The van der Waals surface area contributed by atoms with Gasteiger partial charge in [-0.3, -0.25) is 4.79 Å². The predicted octanol–water partition coefficient (Wildman–Crippen LogP) is 2.78. The fourth-order valence-corrected chi connectivity index (χ4v) is 1.79. The van der Waals surface area contributed by atoms with Crippen molar-refractivity contribution in [3.8, 4) is 0 Å². The average molecular weight is 300 g/mol. The zero-order valence-electron chi connectivity index (χ0n) is 12.9. The third-order valence-corrected chi connectivity index (χ3v) is 3.00. The number of amides is 1. The number of nitrogens with zero attached hydrogens (tertiary/aromatic N) is 3. The van der Waals surface area contributed by atoms with Crippen molar-refractivity contribution >= 4 is 29.0 Å². The Morgan fingerprint density at radius 3 is 2.82 bits per heavy atom. The SMILES string of the molecule is CCC(C)Nc1cnnc(Nc2cccc(NC(C)=O)c2)n1. The molecular formula is C15H20N6O. The minimum atomic E-state index is -0.116. The van der Waals surface area contributed by atoms with E-state index >= 15 is 0 Å². The highest BCUT2D eigenvalue weighted by Crippen LogP contribution is 2.18. The lowest BCUT2D eigenvalue weighted by Crippen LogP contribution is -2.15. The number of carbonyl (C=O) groups is 1. The Morgan fingerprint density at radius 2 is 2.09 bits per heavy atom. The van der Waals surface area contributed by atoms with E-state index in [0.29, 0.717) is 23.5 Å². The molecule has 1 heterocycles. The zero-order valence-corrected chi connectivity index (χ0v) is 12.9. The highest BCUT2D eigenvalue weighted by Gasteiger charge is 2.05. The summed E-state index contributed by atoms with van der Waals surface area (Å²) in [4.78, 5) is 15.4. The fourth-order valence-electron chi connectivity index (χ4n) is 1.79. The maximum Gasteiger partial charge on any atom is 0.249 e. The molecule has 2 rings (SSSR count). The van der Waals surface area contributed by atoms with Gasteiger partial charge in [0.05, 0.1) is 6.20 Å². The number of hydrogen-bond donors (Lipinski definition) is 3. The molecule has 1 amide bonds. The lowest BCUT2D eigenvalue weighted by Gasteiger charge is -2.12. The third-order valence-electron chi connectivity index (χ3n) is 3.00. The molecule has 7 heteroatoms. The van der Waals surface area contributed by atoms with Gasteiger partial charge in [0, 0.05) is 24.3 Å². The smallest absolute Gasteiger partial charge is 0.249 e. The van der Waals surface area contributed by atoms with Crippen LogP contribution in [0.25, 0.3) is 0 Å². The summed E-state index contributed by atoms with van der Waals surface area (Å²) in [6.07, 6.45) is 2.58. The monoisotopic (exact) mass is 300 g/mol. The molecule has 7 nitrogen and oxygen atoms in total. The average Bonchev–Trinajstić information content (AvgIpc) is 2.47. The Hall–Kier alpha value is -2.70. The quantitative estimate of drug-likeness (QED) is 0.759. The first kappa shape index (κ1) is 15.7. The van der Waals surface area contributed by atoms with Crippen molar-refractivity contribution in [1.82, 2.24) is 15.2 Å². The van der Waals surface area contributed by atoms with Crippen molar-refractivity contribution in [2.45, 2.75) is 33.2 Å². The molecule has 2 aromatic rings. The van der Waals surface area contributed by atoms with Gasteiger partial charge >= 0.3 is 0 Å². The van der Waals surface area contributed by atoms with Crippen LogP contribution in [0.15, 0.2) is 30.5 Å². The molecule has 0 bridgehead atoms. The van der Waals surface area contributed by atoms with Gasteiger partial charge in [0.2, 0.25) is 11.9 Å². The molecule has 0 aliphatic carbocycles. The molecule has 1 unspecified atom stereocenters. The van der Waals surface area contributed by atoms with Gasteiger partial charge in [-0.25, -0.2) is 0 Å². The second kappa shape index (κ2) is 7.35. The second-order valence-electron chi connectivity index (χ2n) is 5.01. The van der Waals surface area contributed by atoms with Gasteiger partial charge in [-0.2, -0.15) is 10.1 Å². The number of aromatic nitrogens is 3. The van der Waals surface area contributed by atoms with Gasteiger partial charge < -0.3 is 16.0 Å². The molecule has 0 aliphatic heterocycles. The number of benzene rings is 1. The topological polar surface area (TPSA) is 91.8 Å². The van der Waals surface area contributed by atoms with Gasteiger partial charge in [-0.15, -0.1) is 5.10 Å². The van der Waals surface area contributed by atoms with Crippen LogP contribution < -0.4 is 16.0 Å². The van der Waals surface area contributed by atoms with Gasteiger partial charge in [0.15, 0.2) is 5.82 Å². The minimum Gasteiger partial charge on any atom is -0.366 e. The molecule has 3 N–H and O–H groups in total. The largest absolute Gasteiger partial charge is 0.366 e. The normalized spacial score (nSPS) is 11.6. The molecule has 0 saturated heterocycles. The van der Waals surface area contributed by atoms with E-state index in [4.69, 9.17) is 0 Å². The van der Waals surface area contributed by atoms with Crippen LogP contribution in [0.1, 0.15) is 27.2 Å². The number of anilines is 4. The van der Waals surface area contributed by atoms with E-state index in [1.165, 1.54) is 6.92 Å². The standard InChI is InChI=1S/C15H20N6O/c1-4-10(2)17-14-9-16-21-15(20-14)19-13-7-5-6-12(8-13)18-11(3)22/h5-10H,4H2,1-3H3,(H,18,22)(H2,17,19,20,21). The first-order valence-electron chi connectivity index (χ1n) is 7.17. The van der Waals surface area contributed by atoms with Gasteiger partial charge in [0.25, 0.3) is 0 Å². The molecule has 1 aromatic carbocycles. The minimum absolute atomic E-state index is 0.116. The van der Waals surface area contributed by atoms with Crippen LogP contribution in [0.5, 0.6) is 0 Å². The molecule has 22 heavy (non-hydrogen) atoms. The van der Waals surface area contributed by atoms with E-state index in [-0.39, 0.29) is 5.91 Å². The van der Waals surface area contributed by atoms with E-state index < -0.39 is 0 Å². The number of nitrogens with one attached hydrogen (secondary N) is 3. The highest BCUT2D eigenvalue weighted by atomic mass is 16.1. The van der Waals surface area contributed by atoms with Gasteiger partial charge in [-0.1, -0.05) is 13.0 Å². The molecule has 1 aromatic heterocycles. The van der Waals surface area contributed by atoms with Crippen molar-refractivity contribution in [3.05, 3.63) is 30.5 Å². The van der Waals surface area contributed by atoms with E-state index in [1.54, 1.807) is 12.3 Å². The van der Waals surface area contributed by atoms with Crippen molar-refractivity contribution in [3.63, 3.8) is 0 Å². The van der Waals surface area contributed by atoms with Crippen molar-refractivity contribution < 1.29 is 4.79 Å². The Bertz CT molecular complexity index is 645. The zero-order chi connectivity index (χ0) is 15.9. The van der Waals surface area contributed by atoms with Gasteiger partial charge in [0.1, 0.15) is 0 Å². The van der Waals surface area contributed by atoms with Crippen molar-refractivity contribution in [1.29, 1.82) is 0 Å². The maximum atomic E-state index is 11.1. The first-order chi connectivity index (χ1) is 10.6. The maximum absolute atomic E-state index is 11.1. The molecular weight excluding hydrogens is 280 g/mol. The van der Waals surface area contributed by atoms with Crippen molar-refractivity contribution in [2.75, 3.05) is 16.0 Å². The molecule has 0 spiro atoms. The van der Waals surface area contributed by atoms with Crippen LogP contribution in [-0.2, 0) is 4.79 Å².